The van der Waals surface area contributed by atoms with Gasteiger partial charge in [0, 0.05) is 17.9 Å². The van der Waals surface area contributed by atoms with E-state index in [2.05, 4.69) is 22.3 Å². The molecule has 0 radical (unpaired) electrons. The summed E-state index contributed by atoms with van der Waals surface area (Å²) in [5.74, 6) is -0.346. The van der Waals surface area contributed by atoms with Crippen molar-refractivity contribution in [3.8, 4) is 0 Å². The van der Waals surface area contributed by atoms with E-state index < -0.39 is 0 Å². The molecule has 0 saturated heterocycles. The molecule has 0 bridgehead atoms. The molecule has 0 fully saturated rings. The Kier molecular flexibility index (Phi) is 6.11. The largest absolute Gasteiger partial charge is 0.354 e. The van der Waals surface area contributed by atoms with Crippen molar-refractivity contribution in [3.05, 3.63) is 59.9 Å². The quantitative estimate of drug-likeness (QED) is 0.761. The van der Waals surface area contributed by atoms with Crippen LogP contribution < -0.4 is 10.6 Å². The lowest BCUT2D eigenvalue weighted by Gasteiger charge is -2.15. The minimum absolute atomic E-state index is 0.0689. The van der Waals surface area contributed by atoms with Crippen molar-refractivity contribution >= 4 is 17.5 Å². The Bertz CT molecular complexity index is 779. The molecule has 1 unspecified atom stereocenters. The van der Waals surface area contributed by atoms with Crippen LogP contribution in [0.4, 0.5) is 5.69 Å². The molecule has 25 heavy (non-hydrogen) atoms. The molecule has 0 spiro atoms. The van der Waals surface area contributed by atoms with Gasteiger partial charge >= 0.3 is 0 Å². The first-order valence-corrected chi connectivity index (χ1v) is 8.21. The SMILES string of the molecule is C=CC(=O)Nc1cccc(CC(=O)NCC(C)n2nc(C)cc2C)c1. The predicted molar refractivity (Wildman–Crippen MR) is 98.4 cm³/mol. The van der Waals surface area contributed by atoms with Crippen LogP contribution in [0.1, 0.15) is 29.9 Å². The smallest absolute Gasteiger partial charge is 0.247 e. The second kappa shape index (κ2) is 8.28. The average Bonchev–Trinajstić information content (AvgIpc) is 2.91. The van der Waals surface area contributed by atoms with Gasteiger partial charge in [0.05, 0.1) is 18.2 Å². The van der Waals surface area contributed by atoms with E-state index in [-0.39, 0.29) is 24.3 Å². The molecule has 1 aromatic heterocycles. The maximum absolute atomic E-state index is 12.2. The van der Waals surface area contributed by atoms with Gasteiger partial charge in [-0.15, -0.1) is 0 Å². The number of aryl methyl sites for hydroxylation is 2. The molecular weight excluding hydrogens is 316 g/mol. The molecule has 0 aliphatic rings. The fourth-order valence-corrected chi connectivity index (χ4v) is 2.64. The normalized spacial score (nSPS) is 11.6. The van der Waals surface area contributed by atoms with Gasteiger partial charge in [-0.3, -0.25) is 14.3 Å². The zero-order chi connectivity index (χ0) is 18.4. The summed E-state index contributed by atoms with van der Waals surface area (Å²) in [5.41, 5.74) is 3.52. The Morgan fingerprint density at radius 2 is 2.08 bits per heavy atom. The first-order chi connectivity index (χ1) is 11.9. The fourth-order valence-electron chi connectivity index (χ4n) is 2.64. The molecule has 132 valence electrons. The second-order valence-corrected chi connectivity index (χ2v) is 6.10. The standard InChI is InChI=1S/C19H24N4O2/c1-5-18(24)21-17-8-6-7-16(10-17)11-19(25)20-12-15(4)23-14(3)9-13(2)22-23/h5-10,15H,1,11-12H2,2-4H3,(H,20,25)(H,21,24). The van der Waals surface area contributed by atoms with Crippen LogP contribution in [0, 0.1) is 13.8 Å². The van der Waals surface area contributed by atoms with Crippen molar-refractivity contribution in [2.24, 2.45) is 0 Å². The summed E-state index contributed by atoms with van der Waals surface area (Å²) in [4.78, 5) is 23.5. The maximum Gasteiger partial charge on any atom is 0.247 e. The van der Waals surface area contributed by atoms with E-state index in [4.69, 9.17) is 0 Å². The molecule has 2 aromatic rings. The summed E-state index contributed by atoms with van der Waals surface area (Å²) in [5, 5.41) is 10.1. The third-order valence-electron chi connectivity index (χ3n) is 3.80. The number of nitrogens with one attached hydrogen (secondary N) is 2. The van der Waals surface area contributed by atoms with E-state index >= 15 is 0 Å². The number of nitrogens with zero attached hydrogens (tertiary/aromatic N) is 2. The van der Waals surface area contributed by atoms with Crippen molar-refractivity contribution < 1.29 is 9.59 Å². The lowest BCUT2D eigenvalue weighted by Crippen LogP contribution is -2.31. The van der Waals surface area contributed by atoms with Gasteiger partial charge in [-0.1, -0.05) is 18.7 Å². The van der Waals surface area contributed by atoms with Crippen LogP contribution in [0.25, 0.3) is 0 Å². The molecule has 6 nitrogen and oxygen atoms in total. The van der Waals surface area contributed by atoms with Crippen LogP contribution >= 0.6 is 0 Å². The van der Waals surface area contributed by atoms with Crippen LogP contribution in [0.5, 0.6) is 0 Å². The van der Waals surface area contributed by atoms with E-state index in [0.717, 1.165) is 17.0 Å². The van der Waals surface area contributed by atoms with E-state index in [1.54, 1.807) is 18.2 Å². The number of hydrogen-bond donors (Lipinski definition) is 2. The van der Waals surface area contributed by atoms with Gasteiger partial charge in [0.1, 0.15) is 0 Å². The number of anilines is 1. The summed E-state index contributed by atoms with van der Waals surface area (Å²) in [6, 6.07) is 9.31. The molecule has 2 rings (SSSR count). The molecule has 2 N–H and O–H groups in total. The summed E-state index contributed by atoms with van der Waals surface area (Å²) in [6.07, 6.45) is 1.46. The van der Waals surface area contributed by atoms with Crippen LogP contribution in [-0.2, 0) is 16.0 Å². The van der Waals surface area contributed by atoms with Gasteiger partial charge in [-0.2, -0.15) is 5.10 Å². The number of hydrogen-bond acceptors (Lipinski definition) is 3. The summed E-state index contributed by atoms with van der Waals surface area (Å²) >= 11 is 0. The molecule has 1 aromatic carbocycles. The van der Waals surface area contributed by atoms with Gasteiger partial charge in [0.15, 0.2) is 0 Å². The molecule has 1 heterocycles. The maximum atomic E-state index is 12.2. The van der Waals surface area contributed by atoms with Gasteiger partial charge in [0.2, 0.25) is 11.8 Å². The highest BCUT2D eigenvalue weighted by atomic mass is 16.2. The Balaban J connectivity index is 1.89. The Morgan fingerprint density at radius 3 is 2.72 bits per heavy atom. The van der Waals surface area contributed by atoms with Crippen LogP contribution in [0.3, 0.4) is 0 Å². The molecule has 0 aliphatic heterocycles. The van der Waals surface area contributed by atoms with Crippen molar-refractivity contribution in [1.29, 1.82) is 0 Å². The van der Waals surface area contributed by atoms with Crippen molar-refractivity contribution in [3.63, 3.8) is 0 Å². The topological polar surface area (TPSA) is 76.0 Å². The van der Waals surface area contributed by atoms with Gasteiger partial charge < -0.3 is 10.6 Å². The summed E-state index contributed by atoms with van der Waals surface area (Å²) < 4.78 is 1.92. The van der Waals surface area contributed by atoms with Crippen LogP contribution in [0.15, 0.2) is 43.0 Å². The first-order valence-electron chi connectivity index (χ1n) is 8.21. The Morgan fingerprint density at radius 1 is 1.32 bits per heavy atom. The van der Waals surface area contributed by atoms with E-state index in [1.165, 1.54) is 6.08 Å². The average molecular weight is 340 g/mol. The Hall–Kier alpha value is -2.89. The predicted octanol–water partition coefficient (Wildman–Crippen LogP) is 2.54. The lowest BCUT2D eigenvalue weighted by molar-refractivity contribution is -0.120. The first kappa shape index (κ1) is 18.4. The van der Waals surface area contributed by atoms with Gasteiger partial charge in [-0.05, 0) is 50.6 Å². The number of carbonyl (C=O) groups excluding carboxylic acids is 2. The molecule has 6 heteroatoms. The second-order valence-electron chi connectivity index (χ2n) is 6.10. The molecular formula is C19H24N4O2. The van der Waals surface area contributed by atoms with Crippen molar-refractivity contribution in [2.45, 2.75) is 33.2 Å². The number of carbonyl (C=O) groups is 2. The highest BCUT2D eigenvalue weighted by Crippen LogP contribution is 2.12. The lowest BCUT2D eigenvalue weighted by atomic mass is 10.1. The van der Waals surface area contributed by atoms with Gasteiger partial charge in [-0.25, -0.2) is 0 Å². The molecule has 0 aliphatic carbocycles. The summed E-state index contributed by atoms with van der Waals surface area (Å²) in [6.45, 7) is 9.90. The highest BCUT2D eigenvalue weighted by molar-refractivity contribution is 5.98. The van der Waals surface area contributed by atoms with E-state index in [0.29, 0.717) is 12.2 Å². The number of benzene rings is 1. The Labute approximate surface area is 147 Å². The third kappa shape index (κ3) is 5.31. The highest BCUT2D eigenvalue weighted by Gasteiger charge is 2.11. The van der Waals surface area contributed by atoms with E-state index in [1.807, 2.05) is 37.6 Å². The van der Waals surface area contributed by atoms with Gasteiger partial charge in [0.25, 0.3) is 0 Å². The van der Waals surface area contributed by atoms with Crippen LogP contribution in [-0.4, -0.2) is 28.1 Å². The number of aromatic nitrogens is 2. The fraction of sp³-hybridized carbons (Fsp3) is 0.316. The summed E-state index contributed by atoms with van der Waals surface area (Å²) in [7, 11) is 0. The number of rotatable bonds is 7. The third-order valence-corrected chi connectivity index (χ3v) is 3.80. The van der Waals surface area contributed by atoms with E-state index in [9.17, 15) is 9.59 Å². The zero-order valence-electron chi connectivity index (χ0n) is 14.9. The van der Waals surface area contributed by atoms with Crippen molar-refractivity contribution in [1.82, 2.24) is 15.1 Å². The minimum Gasteiger partial charge on any atom is -0.354 e. The monoisotopic (exact) mass is 340 g/mol. The molecule has 2 amide bonds. The molecule has 0 saturated carbocycles. The van der Waals surface area contributed by atoms with Crippen molar-refractivity contribution in [2.75, 3.05) is 11.9 Å². The molecule has 1 atom stereocenters. The number of amides is 2. The minimum atomic E-state index is -0.277. The van der Waals surface area contributed by atoms with Crippen LogP contribution in [0.2, 0.25) is 0 Å². The zero-order valence-corrected chi connectivity index (χ0v) is 14.9.